The van der Waals surface area contributed by atoms with Crippen LogP contribution in [0.4, 0.5) is 5.69 Å². The van der Waals surface area contributed by atoms with E-state index < -0.39 is 35.1 Å². The molecule has 0 aliphatic heterocycles. The molecule has 0 heterocycles. The van der Waals surface area contributed by atoms with Gasteiger partial charge in [-0.3, -0.25) is 4.55 Å². The van der Waals surface area contributed by atoms with Crippen molar-refractivity contribution < 1.29 is 29.8 Å². The summed E-state index contributed by atoms with van der Waals surface area (Å²) in [6.45, 7) is 8.22. The summed E-state index contributed by atoms with van der Waals surface area (Å²) in [6.07, 6.45) is 26.0. The van der Waals surface area contributed by atoms with Gasteiger partial charge in [0.05, 0.1) is 20.4 Å². The number of unbranched alkanes of at least 4 members (excludes halogenated alkanes) is 18. The Labute approximate surface area is 340 Å². The van der Waals surface area contributed by atoms with E-state index in [1.165, 1.54) is 121 Å². The van der Waals surface area contributed by atoms with Crippen molar-refractivity contribution in [2.45, 2.75) is 190 Å². The molecule has 0 spiro atoms. The summed E-state index contributed by atoms with van der Waals surface area (Å²) >= 11 is 0. The Morgan fingerprint density at radius 3 is 1.30 bits per heavy atom. The Hall–Kier alpha value is -2.73. The number of anilines is 1. The molecule has 0 bridgehead atoms. The largest absolute Gasteiger partial charge is 0.294 e. The van der Waals surface area contributed by atoms with E-state index in [-0.39, 0.29) is 21.4 Å². The molecule has 0 atom stereocenters. The van der Waals surface area contributed by atoms with Crippen molar-refractivity contribution in [2.75, 3.05) is 3.71 Å². The van der Waals surface area contributed by atoms with Crippen LogP contribution < -0.4 is 3.71 Å². The quantitative estimate of drug-likeness (QED) is 0.0545. The van der Waals surface area contributed by atoms with Crippen molar-refractivity contribution in [2.24, 2.45) is 0 Å². The average Bonchev–Trinajstić information content (AvgIpc) is 3.16. The first-order valence-electron chi connectivity index (χ1n) is 21.3. The highest BCUT2D eigenvalue weighted by Gasteiger charge is 2.38. The summed E-state index contributed by atoms with van der Waals surface area (Å²) in [6, 6.07) is 15.7. The van der Waals surface area contributed by atoms with Crippen molar-refractivity contribution in [3.8, 4) is 0 Å². The highest BCUT2D eigenvalue weighted by Crippen LogP contribution is 2.35. The fourth-order valence-corrected chi connectivity index (χ4v) is 11.7. The molecule has 0 unspecified atom stereocenters. The number of rotatable bonds is 29. The molecule has 0 saturated carbocycles. The van der Waals surface area contributed by atoms with Crippen LogP contribution in [0.25, 0.3) is 0 Å². The second kappa shape index (κ2) is 24.3. The Kier molecular flexibility index (Phi) is 20.6. The van der Waals surface area contributed by atoms with E-state index in [4.69, 9.17) is 0 Å². The van der Waals surface area contributed by atoms with Crippen LogP contribution in [0.5, 0.6) is 0 Å². The summed E-state index contributed by atoms with van der Waals surface area (Å²) in [5.74, 6) is -0.232. The lowest BCUT2D eigenvalue weighted by atomic mass is 9.98. The molecule has 1 N–H and O–H groups in total. The highest BCUT2D eigenvalue weighted by atomic mass is 32.3. The minimum atomic E-state index is -4.75. The van der Waals surface area contributed by atoms with Crippen molar-refractivity contribution in [3.63, 3.8) is 0 Å². The first-order valence-corrected chi connectivity index (χ1v) is 25.6. The van der Waals surface area contributed by atoms with E-state index in [0.717, 1.165) is 73.9 Å². The molecule has 3 aromatic carbocycles. The first-order chi connectivity index (χ1) is 26.7. The molecule has 0 aliphatic carbocycles. The molecule has 0 radical (unpaired) electrons. The summed E-state index contributed by atoms with van der Waals surface area (Å²) < 4.78 is 91.8. The Morgan fingerprint density at radius 2 is 0.875 bits per heavy atom. The molecule has 56 heavy (non-hydrogen) atoms. The zero-order chi connectivity index (χ0) is 41.0. The maximum Gasteiger partial charge on any atom is 0.294 e. The third kappa shape index (κ3) is 15.2. The number of sulfonamides is 2. The second-order valence-electron chi connectivity index (χ2n) is 15.7. The van der Waals surface area contributed by atoms with Gasteiger partial charge in [0.15, 0.2) is 0 Å². The molecule has 0 fully saturated rings. The fourth-order valence-electron chi connectivity index (χ4n) is 7.23. The summed E-state index contributed by atoms with van der Waals surface area (Å²) in [5.41, 5.74) is 2.21. The van der Waals surface area contributed by atoms with Gasteiger partial charge in [-0.15, -0.1) is 0 Å². The number of nitrogens with zero attached hydrogens (tertiary/aromatic N) is 1. The molecule has 8 nitrogen and oxygen atoms in total. The van der Waals surface area contributed by atoms with E-state index in [0.29, 0.717) is 9.27 Å². The smallest absolute Gasteiger partial charge is 0.282 e. The third-order valence-corrected chi connectivity index (χ3v) is 15.8. The highest BCUT2D eigenvalue weighted by molar-refractivity contribution is 8.10. The lowest BCUT2D eigenvalue weighted by molar-refractivity contribution is 0.483. The van der Waals surface area contributed by atoms with E-state index >= 15 is 0 Å². The van der Waals surface area contributed by atoms with Crippen LogP contribution in [-0.4, -0.2) is 29.8 Å². The van der Waals surface area contributed by atoms with Gasteiger partial charge in [-0.05, 0) is 90.8 Å². The normalized spacial score (nSPS) is 12.4. The molecule has 11 heteroatoms. The van der Waals surface area contributed by atoms with Crippen LogP contribution >= 0.6 is 0 Å². The predicted molar refractivity (Wildman–Crippen MR) is 231 cm³/mol. The molecular weight excluding hydrogens is 763 g/mol. The van der Waals surface area contributed by atoms with Gasteiger partial charge in [-0.1, -0.05) is 168 Å². The number of benzene rings is 3. The van der Waals surface area contributed by atoms with Gasteiger partial charge in [-0.25, -0.2) is 8.42 Å². The zero-order valence-electron chi connectivity index (χ0n) is 34.6. The third-order valence-electron chi connectivity index (χ3n) is 10.6. The van der Waals surface area contributed by atoms with Crippen molar-refractivity contribution in [3.05, 3.63) is 83.4 Å². The van der Waals surface area contributed by atoms with Crippen LogP contribution in [0.1, 0.15) is 179 Å². The van der Waals surface area contributed by atoms with Gasteiger partial charge >= 0.3 is 0 Å². The Bertz CT molecular complexity index is 1910. The fraction of sp³-hybridized carbons (Fsp3) is 0.600. The molecule has 0 amide bonds. The predicted octanol–water partition coefficient (Wildman–Crippen LogP) is 12.6. The molecule has 0 aliphatic rings. The van der Waals surface area contributed by atoms with E-state index in [2.05, 4.69) is 13.8 Å². The molecule has 314 valence electrons. The minimum Gasteiger partial charge on any atom is -0.282 e. The van der Waals surface area contributed by atoms with Gasteiger partial charge < -0.3 is 0 Å². The Morgan fingerprint density at radius 1 is 0.482 bits per heavy atom. The van der Waals surface area contributed by atoms with Gasteiger partial charge in [0, 0.05) is 0 Å². The topological polar surface area (TPSA) is 126 Å². The monoisotopic (exact) mass is 831 g/mol. The molecular formula is C45H69NO7S3. The second-order valence-corrected chi connectivity index (χ2v) is 20.9. The molecule has 3 aromatic rings. The number of aryl methyl sites for hydroxylation is 2. The number of hydrogen-bond acceptors (Lipinski definition) is 6. The maximum atomic E-state index is 14.7. The van der Waals surface area contributed by atoms with Crippen LogP contribution in [0, 0.1) is 0 Å². The summed E-state index contributed by atoms with van der Waals surface area (Å²) in [7, 11) is -14.1. The zero-order valence-corrected chi connectivity index (χ0v) is 37.0. The van der Waals surface area contributed by atoms with Gasteiger partial charge in [0.2, 0.25) is 0 Å². The van der Waals surface area contributed by atoms with Crippen LogP contribution in [-0.2, 0) is 43.0 Å². The van der Waals surface area contributed by atoms with E-state index in [9.17, 15) is 29.8 Å². The van der Waals surface area contributed by atoms with Crippen LogP contribution in [0.3, 0.4) is 0 Å². The minimum absolute atomic E-state index is 0.126. The van der Waals surface area contributed by atoms with E-state index in [1.807, 2.05) is 19.9 Å². The van der Waals surface area contributed by atoms with Crippen molar-refractivity contribution in [1.82, 2.24) is 0 Å². The number of hydrogen-bond donors (Lipinski definition) is 1. The lowest BCUT2D eigenvalue weighted by Crippen LogP contribution is -2.37. The SMILES string of the molecule is CCCCCCCCCCCCc1ccc(S(=O)(=O)N(c2ccc(S(=O)(=O)O)cc2)S(=O)(=O)c2ccc(CCCCCCCCCCCC)cc2C(C)C)cc1. The maximum absolute atomic E-state index is 14.7. The van der Waals surface area contributed by atoms with Gasteiger partial charge in [0.25, 0.3) is 30.2 Å². The van der Waals surface area contributed by atoms with Gasteiger partial charge in [-0.2, -0.15) is 20.5 Å². The standard InChI is InChI=1S/C45H69NO7S3/c1-5-7-9-11-13-15-17-19-21-23-25-39-27-32-42(33-28-39)54(47,48)46(41-30-34-43(35-31-41)56(51,52)53)55(49,50)45-36-29-40(37-44(45)38(3)4)26-24-22-20-18-16-14-12-10-8-6-2/h27-38H,5-26H2,1-4H3,(H,51,52,53). The molecule has 3 rings (SSSR count). The van der Waals surface area contributed by atoms with Crippen LogP contribution in [0.2, 0.25) is 0 Å². The van der Waals surface area contributed by atoms with Crippen molar-refractivity contribution in [1.29, 1.82) is 0 Å². The lowest BCUT2D eigenvalue weighted by Gasteiger charge is -2.26. The van der Waals surface area contributed by atoms with Gasteiger partial charge in [0.1, 0.15) is 0 Å². The Balaban J connectivity index is 1.80. The summed E-state index contributed by atoms with van der Waals surface area (Å²) in [4.78, 5) is -0.804. The van der Waals surface area contributed by atoms with Crippen molar-refractivity contribution >= 4 is 35.9 Å². The molecule has 0 saturated heterocycles. The first kappa shape index (κ1) is 47.6. The molecule has 0 aromatic heterocycles. The average molecular weight is 832 g/mol. The van der Waals surface area contributed by atoms with E-state index in [1.54, 1.807) is 18.2 Å². The summed E-state index contributed by atoms with van der Waals surface area (Å²) in [5, 5.41) is 0. The van der Waals surface area contributed by atoms with Crippen LogP contribution in [0.15, 0.2) is 81.4 Å².